The molecule has 4 N–H and O–H groups in total. The lowest BCUT2D eigenvalue weighted by Gasteiger charge is -2.36. The molecule has 2 saturated carbocycles. The van der Waals surface area contributed by atoms with E-state index in [9.17, 15) is 8.78 Å². The van der Waals surface area contributed by atoms with Gasteiger partial charge in [-0.1, -0.05) is 6.58 Å². The largest absolute Gasteiger partial charge is 0.387 e. The first-order chi connectivity index (χ1) is 11.9. The van der Waals surface area contributed by atoms with Gasteiger partial charge in [-0.2, -0.15) is 0 Å². The molecule has 0 aromatic carbocycles. The fourth-order valence-corrected chi connectivity index (χ4v) is 3.96. The lowest BCUT2D eigenvalue weighted by molar-refractivity contribution is -0.0384. The molecule has 4 rings (SSSR count). The van der Waals surface area contributed by atoms with Gasteiger partial charge in [0.2, 0.25) is 5.92 Å². The van der Waals surface area contributed by atoms with E-state index in [1.165, 1.54) is 0 Å². The number of hydrazine groups is 1. The highest BCUT2D eigenvalue weighted by molar-refractivity contribution is 5.81. The molecule has 3 aliphatic rings. The number of hydrogen-bond acceptors (Lipinski definition) is 5. The molecule has 25 heavy (non-hydrogen) atoms. The summed E-state index contributed by atoms with van der Waals surface area (Å²) >= 11 is 0. The maximum Gasteiger partial charge on any atom is 0.248 e. The van der Waals surface area contributed by atoms with E-state index in [1.54, 1.807) is 6.20 Å². The highest BCUT2D eigenvalue weighted by Gasteiger charge is 2.40. The number of nitrogens with zero attached hydrogens (tertiary/aromatic N) is 3. The van der Waals surface area contributed by atoms with Gasteiger partial charge in [-0.15, -0.1) is 0 Å². The second kappa shape index (κ2) is 5.64. The number of hydrogen-bond donors (Lipinski definition) is 3. The highest BCUT2D eigenvalue weighted by atomic mass is 19.3. The number of nitrogens with two attached hydrogens (primary N) is 1. The molecule has 2 heterocycles. The Morgan fingerprint density at radius 2 is 2.00 bits per heavy atom. The number of halogens is 2. The molecule has 1 aromatic heterocycles. The average molecular weight is 348 g/mol. The molecule has 134 valence electrons. The quantitative estimate of drug-likeness (QED) is 0.559. The summed E-state index contributed by atoms with van der Waals surface area (Å²) in [5, 5.41) is 11.0. The summed E-state index contributed by atoms with van der Waals surface area (Å²) in [6.07, 6.45) is 4.19. The Hall–Kier alpha value is -2.25. The minimum Gasteiger partial charge on any atom is -0.387 e. The van der Waals surface area contributed by atoms with Crippen LogP contribution in [0.4, 0.5) is 14.6 Å². The third kappa shape index (κ3) is 2.73. The fraction of sp³-hybridized carbons (Fsp3) is 0.588. The zero-order valence-corrected chi connectivity index (χ0v) is 13.9. The maximum absolute atomic E-state index is 13.5. The summed E-state index contributed by atoms with van der Waals surface area (Å²) in [7, 11) is 0. The van der Waals surface area contributed by atoms with Crippen LogP contribution in [0.5, 0.6) is 0 Å². The molecule has 0 spiro atoms. The number of rotatable bonds is 3. The molecule has 6 nitrogen and oxygen atoms in total. The van der Waals surface area contributed by atoms with Crippen LogP contribution >= 0.6 is 0 Å². The molecule has 0 radical (unpaired) electrons. The Morgan fingerprint density at radius 3 is 2.60 bits per heavy atom. The summed E-state index contributed by atoms with van der Waals surface area (Å²) in [4.78, 5) is 9.21. The minimum atomic E-state index is -2.56. The zero-order valence-electron chi connectivity index (χ0n) is 13.9. The van der Waals surface area contributed by atoms with E-state index in [0.29, 0.717) is 29.8 Å². The summed E-state index contributed by atoms with van der Waals surface area (Å²) in [5.74, 6) is -1.00. The molecule has 8 heteroatoms. The summed E-state index contributed by atoms with van der Waals surface area (Å²) < 4.78 is 26.9. The fourth-order valence-electron chi connectivity index (χ4n) is 3.96. The number of fused-ring (bicyclic) bond motifs is 1. The van der Waals surface area contributed by atoms with E-state index < -0.39 is 5.92 Å². The molecule has 0 bridgehead atoms. The Morgan fingerprint density at radius 1 is 1.28 bits per heavy atom. The first-order valence-corrected chi connectivity index (χ1v) is 8.70. The van der Waals surface area contributed by atoms with Gasteiger partial charge in [0.15, 0.2) is 5.82 Å². The minimum absolute atomic E-state index is 0.0161. The van der Waals surface area contributed by atoms with Crippen LogP contribution < -0.4 is 26.7 Å². The van der Waals surface area contributed by atoms with E-state index in [2.05, 4.69) is 17.0 Å². The van der Waals surface area contributed by atoms with Crippen LogP contribution in [0.1, 0.15) is 50.3 Å². The molecule has 0 unspecified atom stereocenters. The van der Waals surface area contributed by atoms with Crippen molar-refractivity contribution >= 4 is 24.4 Å². The van der Waals surface area contributed by atoms with Crippen LogP contribution in [0.15, 0.2) is 0 Å². The van der Waals surface area contributed by atoms with E-state index in [1.807, 2.05) is 5.01 Å². The molecule has 1 aliphatic heterocycles. The topological polar surface area (TPSA) is 90.9 Å². The van der Waals surface area contributed by atoms with Gasteiger partial charge in [0.1, 0.15) is 5.82 Å². The first-order valence-electron chi connectivity index (χ1n) is 8.70. The lowest BCUT2D eigenvalue weighted by Crippen LogP contribution is -2.46. The van der Waals surface area contributed by atoms with Crippen molar-refractivity contribution in [3.05, 3.63) is 16.4 Å². The number of aromatic nitrogens is 2. The van der Waals surface area contributed by atoms with Gasteiger partial charge in [0, 0.05) is 30.9 Å². The van der Waals surface area contributed by atoms with Crippen molar-refractivity contribution in [2.75, 3.05) is 5.01 Å². The Balaban J connectivity index is 1.62. The van der Waals surface area contributed by atoms with Crippen molar-refractivity contribution in [3.63, 3.8) is 0 Å². The molecule has 2 fully saturated rings. The molecule has 2 atom stereocenters. The van der Waals surface area contributed by atoms with Gasteiger partial charge in [-0.3, -0.25) is 10.4 Å². The second-order valence-corrected chi connectivity index (χ2v) is 7.24. The van der Waals surface area contributed by atoms with Crippen LogP contribution in [0, 0.1) is 11.3 Å². The van der Waals surface area contributed by atoms with Crippen LogP contribution in [0.3, 0.4) is 0 Å². The Labute approximate surface area is 144 Å². The predicted octanol–water partition coefficient (Wildman–Crippen LogP) is 0.957. The molecule has 1 aromatic rings. The number of anilines is 1. The van der Waals surface area contributed by atoms with Crippen molar-refractivity contribution in [2.45, 2.75) is 56.4 Å². The van der Waals surface area contributed by atoms with E-state index in [0.717, 1.165) is 18.1 Å². The summed E-state index contributed by atoms with van der Waals surface area (Å²) in [6.45, 7) is 4.01. The van der Waals surface area contributed by atoms with Crippen LogP contribution in [0.25, 0.3) is 12.8 Å². The van der Waals surface area contributed by atoms with Gasteiger partial charge in [-0.05, 0) is 25.7 Å². The second-order valence-electron chi connectivity index (χ2n) is 7.24. The van der Waals surface area contributed by atoms with Crippen molar-refractivity contribution in [3.8, 4) is 0 Å². The van der Waals surface area contributed by atoms with Gasteiger partial charge in [0.05, 0.1) is 22.4 Å². The van der Waals surface area contributed by atoms with Gasteiger partial charge < -0.3 is 11.2 Å². The van der Waals surface area contributed by atoms with Crippen molar-refractivity contribution in [1.82, 2.24) is 15.4 Å². The number of alkyl halides is 2. The van der Waals surface area contributed by atoms with Gasteiger partial charge in [0.25, 0.3) is 0 Å². The first kappa shape index (κ1) is 16.2. The average Bonchev–Trinajstić information content (AvgIpc) is 2.90. The normalized spacial score (nSPS) is 27.8. The molecule has 2 aliphatic carbocycles. The van der Waals surface area contributed by atoms with Crippen LogP contribution in [0.2, 0.25) is 0 Å². The monoisotopic (exact) mass is 348 g/mol. The van der Waals surface area contributed by atoms with Crippen LogP contribution in [-0.2, 0) is 0 Å². The maximum atomic E-state index is 13.5. The Kier molecular flexibility index (Phi) is 3.66. The molecular formula is C17H22F2N6. The third-order valence-corrected chi connectivity index (χ3v) is 5.66. The van der Waals surface area contributed by atoms with E-state index >= 15 is 0 Å². The SMILES string of the molecule is C=c1nc([C@@H]2CC[C@H]2C(=N)N)nc2c1=CNN2C1CCC(F)(F)CC1. The zero-order chi connectivity index (χ0) is 17.8. The molecule has 0 saturated heterocycles. The Bertz CT molecular complexity index is 813. The van der Waals surface area contributed by atoms with Crippen molar-refractivity contribution in [1.29, 1.82) is 5.41 Å². The smallest absolute Gasteiger partial charge is 0.248 e. The number of nitrogens with one attached hydrogen (secondary N) is 2. The standard InChI is InChI=1S/C17H22F2N6/c1-9-13-8-22-25(10-4-6-17(18,19)7-5-10)16(13)24-15(23-9)12-3-2-11(12)14(20)21/h8,10-12,22H,1-7H2,(H3,20,21)/t11-,12-/m1/s1. The summed E-state index contributed by atoms with van der Waals surface area (Å²) in [6, 6.07) is -0.0238. The molecule has 0 amide bonds. The van der Waals surface area contributed by atoms with Gasteiger partial charge >= 0.3 is 0 Å². The molecular weight excluding hydrogens is 326 g/mol. The predicted molar refractivity (Wildman–Crippen MR) is 91.5 cm³/mol. The van der Waals surface area contributed by atoms with Gasteiger partial charge in [-0.25, -0.2) is 18.7 Å². The van der Waals surface area contributed by atoms with E-state index in [-0.39, 0.29) is 36.6 Å². The van der Waals surface area contributed by atoms with Crippen molar-refractivity contribution < 1.29 is 8.78 Å². The number of amidine groups is 1. The van der Waals surface area contributed by atoms with Crippen molar-refractivity contribution in [2.24, 2.45) is 11.7 Å². The highest BCUT2D eigenvalue weighted by Crippen LogP contribution is 2.41. The third-order valence-electron chi connectivity index (χ3n) is 5.66. The lowest BCUT2D eigenvalue weighted by atomic mass is 9.72. The van der Waals surface area contributed by atoms with E-state index in [4.69, 9.17) is 16.1 Å². The summed E-state index contributed by atoms with van der Waals surface area (Å²) in [5.41, 5.74) is 8.81. The van der Waals surface area contributed by atoms with Crippen LogP contribution in [-0.4, -0.2) is 27.8 Å².